The second kappa shape index (κ2) is 10.4. The van der Waals surface area contributed by atoms with E-state index >= 15 is 0 Å². The Hall–Kier alpha value is -1.09. The third kappa shape index (κ3) is 4.65. The molecule has 212 valence electrons. The monoisotopic (exact) mass is 545 g/mol. The molecule has 0 unspecified atom stereocenters. The zero-order chi connectivity index (χ0) is 26.7. The number of carbonyl (C=O) groups excluding carboxylic acids is 1. The van der Waals surface area contributed by atoms with Gasteiger partial charge in [-0.05, 0) is 117 Å². The molecule has 5 aliphatic rings. The highest BCUT2D eigenvalue weighted by atomic mass is 32.1. The number of carbonyl (C=O) groups is 1. The normalized spacial score (nSPS) is 45.2. The molecular formula is C30H47N3O4S. The number of fused-ring (bicyclic) bond motifs is 5. The lowest BCUT2D eigenvalue weighted by atomic mass is 9.43. The minimum atomic E-state index is -0.237. The van der Waals surface area contributed by atoms with Crippen molar-refractivity contribution in [1.82, 2.24) is 10.2 Å². The van der Waals surface area contributed by atoms with Crippen LogP contribution in [0.25, 0.3) is 0 Å². The van der Waals surface area contributed by atoms with Crippen LogP contribution in [0.1, 0.15) is 109 Å². The summed E-state index contributed by atoms with van der Waals surface area (Å²) >= 11 is 1.43. The number of rotatable bonds is 6. The molecule has 3 N–H and O–H groups in total. The summed E-state index contributed by atoms with van der Waals surface area (Å²) in [5.74, 6) is 3.08. The summed E-state index contributed by atoms with van der Waals surface area (Å²) < 4.78 is 5.69. The van der Waals surface area contributed by atoms with Gasteiger partial charge < -0.3 is 20.3 Å². The highest BCUT2D eigenvalue weighted by Gasteiger charge is 2.62. The van der Waals surface area contributed by atoms with Crippen molar-refractivity contribution in [3.05, 3.63) is 5.01 Å². The van der Waals surface area contributed by atoms with Gasteiger partial charge in [0, 0.05) is 13.0 Å². The van der Waals surface area contributed by atoms with Crippen molar-refractivity contribution in [3.63, 3.8) is 0 Å². The van der Waals surface area contributed by atoms with E-state index in [9.17, 15) is 15.0 Å². The predicted molar refractivity (Wildman–Crippen MR) is 147 cm³/mol. The van der Waals surface area contributed by atoms with Gasteiger partial charge in [-0.15, -0.1) is 10.2 Å². The molecule has 1 aromatic heterocycles. The molecule has 0 bridgehead atoms. The smallest absolute Gasteiger partial charge is 0.226 e. The van der Waals surface area contributed by atoms with E-state index < -0.39 is 0 Å². The van der Waals surface area contributed by atoms with Crippen molar-refractivity contribution in [3.8, 4) is 0 Å². The number of hydrogen-bond donors (Lipinski definition) is 3. The molecule has 4 aliphatic carbocycles. The van der Waals surface area contributed by atoms with Gasteiger partial charge in [-0.25, -0.2) is 0 Å². The van der Waals surface area contributed by atoms with Crippen molar-refractivity contribution in [2.45, 2.75) is 116 Å². The molecule has 6 rings (SSSR count). The van der Waals surface area contributed by atoms with Gasteiger partial charge >= 0.3 is 0 Å². The first-order valence-corrected chi connectivity index (χ1v) is 16.1. The molecule has 1 amide bonds. The largest absolute Gasteiger partial charge is 0.393 e. The number of aliphatic hydroxyl groups is 2. The third-order valence-corrected chi connectivity index (χ3v) is 13.1. The highest BCUT2D eigenvalue weighted by Crippen LogP contribution is 2.68. The molecule has 7 nitrogen and oxygen atoms in total. The maximum Gasteiger partial charge on any atom is 0.226 e. The van der Waals surface area contributed by atoms with Gasteiger partial charge in [-0.2, -0.15) is 0 Å². The Bertz CT molecular complexity index is 1010. The summed E-state index contributed by atoms with van der Waals surface area (Å²) in [6.07, 6.45) is 11.6. The lowest BCUT2D eigenvalue weighted by molar-refractivity contribution is -0.174. The van der Waals surface area contributed by atoms with Crippen LogP contribution in [-0.4, -0.2) is 45.1 Å². The van der Waals surface area contributed by atoms with Crippen LogP contribution in [-0.2, 0) is 9.53 Å². The molecule has 0 aromatic carbocycles. The van der Waals surface area contributed by atoms with Crippen molar-refractivity contribution >= 4 is 22.4 Å². The average molecular weight is 546 g/mol. The Morgan fingerprint density at radius 3 is 2.66 bits per heavy atom. The van der Waals surface area contributed by atoms with Gasteiger partial charge in [0.2, 0.25) is 11.0 Å². The first-order chi connectivity index (χ1) is 18.2. The number of anilines is 1. The molecule has 1 aliphatic heterocycles. The van der Waals surface area contributed by atoms with E-state index in [4.69, 9.17) is 4.74 Å². The minimum absolute atomic E-state index is 0.0245. The van der Waals surface area contributed by atoms with Gasteiger partial charge in [0.25, 0.3) is 0 Å². The molecule has 8 heteroatoms. The molecule has 5 fully saturated rings. The zero-order valence-electron chi connectivity index (χ0n) is 23.4. The van der Waals surface area contributed by atoms with Crippen molar-refractivity contribution in [2.24, 2.45) is 46.3 Å². The van der Waals surface area contributed by atoms with Gasteiger partial charge in [0.15, 0.2) is 0 Å². The summed E-state index contributed by atoms with van der Waals surface area (Å²) in [7, 11) is 0. The van der Waals surface area contributed by atoms with Gasteiger partial charge in [-0.1, -0.05) is 32.1 Å². The number of nitrogens with zero attached hydrogens (tertiary/aromatic N) is 2. The molecular weight excluding hydrogens is 498 g/mol. The fraction of sp³-hybridized carbons (Fsp3) is 0.900. The van der Waals surface area contributed by atoms with Crippen LogP contribution in [0.4, 0.5) is 5.13 Å². The minimum Gasteiger partial charge on any atom is -0.393 e. The Labute approximate surface area is 231 Å². The van der Waals surface area contributed by atoms with Crippen molar-refractivity contribution < 1.29 is 19.7 Å². The second-order valence-corrected chi connectivity index (χ2v) is 15.0. The van der Waals surface area contributed by atoms with Crippen molar-refractivity contribution in [1.29, 1.82) is 0 Å². The fourth-order valence-corrected chi connectivity index (χ4v) is 10.9. The van der Waals surface area contributed by atoms with Crippen LogP contribution >= 0.6 is 11.3 Å². The average Bonchev–Trinajstić information content (AvgIpc) is 3.63. The standard InChI is InChI=1S/C30H47N3O4S/c1-17(6-9-25(36)31-28-33-32-27(38-28)24-5-4-14-37-24)20-7-8-21-26-22(11-13-30(20,21)3)29(2)12-10-19(34)15-18(29)16-23(26)35/h17-24,26,34-35H,4-16H2,1-3H3,(H,31,33,36)/t17-,18-,19-,20+,21-,22+,23+,24+,26-,29+,30-/m1/s1. The second-order valence-electron chi connectivity index (χ2n) is 14.0. The lowest BCUT2D eigenvalue weighted by Crippen LogP contribution is -2.58. The van der Waals surface area contributed by atoms with E-state index in [1.807, 2.05) is 0 Å². The molecule has 0 spiro atoms. The summed E-state index contributed by atoms with van der Waals surface area (Å²) in [5.41, 5.74) is 0.505. The van der Waals surface area contributed by atoms with Crippen LogP contribution < -0.4 is 5.32 Å². The molecule has 11 atom stereocenters. The third-order valence-electron chi connectivity index (χ3n) is 12.1. The van der Waals surface area contributed by atoms with E-state index in [0.717, 1.165) is 56.6 Å². The lowest BCUT2D eigenvalue weighted by Gasteiger charge is -2.62. The molecule has 4 saturated carbocycles. The van der Waals surface area contributed by atoms with Crippen LogP contribution in [0.5, 0.6) is 0 Å². The zero-order valence-corrected chi connectivity index (χ0v) is 24.2. The first kappa shape index (κ1) is 27.1. The van der Waals surface area contributed by atoms with E-state index in [0.29, 0.717) is 47.1 Å². The summed E-state index contributed by atoms with van der Waals surface area (Å²) in [6, 6.07) is 0. The highest BCUT2D eigenvalue weighted by molar-refractivity contribution is 7.15. The van der Waals surface area contributed by atoms with Crippen LogP contribution in [0.2, 0.25) is 0 Å². The number of amides is 1. The van der Waals surface area contributed by atoms with E-state index in [2.05, 4.69) is 36.3 Å². The van der Waals surface area contributed by atoms with Gasteiger partial charge in [0.1, 0.15) is 11.1 Å². The number of aliphatic hydroxyl groups excluding tert-OH is 2. The van der Waals surface area contributed by atoms with E-state index in [1.54, 1.807) is 0 Å². The number of ether oxygens (including phenoxy) is 1. The molecule has 1 saturated heterocycles. The van der Waals surface area contributed by atoms with E-state index in [-0.39, 0.29) is 35.0 Å². The molecule has 1 aromatic rings. The molecule has 0 radical (unpaired) electrons. The van der Waals surface area contributed by atoms with Crippen LogP contribution in [0, 0.1) is 46.3 Å². The SMILES string of the molecule is C[C@H](CCC(=O)Nc1nnc([C@@H]2CCCO2)s1)[C@@H]1CC[C@@H]2[C@H]3[C@@H](O)C[C@H]4C[C@H](O)CC[C@]4(C)[C@H]3CC[C@@]21C. The maximum absolute atomic E-state index is 12.8. The topological polar surface area (TPSA) is 105 Å². The summed E-state index contributed by atoms with van der Waals surface area (Å²) in [4.78, 5) is 12.8. The number of hydrogen-bond acceptors (Lipinski definition) is 7. The molecule has 38 heavy (non-hydrogen) atoms. The van der Waals surface area contributed by atoms with Crippen LogP contribution in [0.3, 0.4) is 0 Å². The van der Waals surface area contributed by atoms with Gasteiger partial charge in [0.05, 0.1) is 12.2 Å². The Balaban J connectivity index is 1.07. The quantitative estimate of drug-likeness (QED) is 0.421. The van der Waals surface area contributed by atoms with Gasteiger partial charge in [-0.3, -0.25) is 4.79 Å². The molecule has 2 heterocycles. The Morgan fingerprint density at radius 2 is 1.87 bits per heavy atom. The Morgan fingerprint density at radius 1 is 1.08 bits per heavy atom. The van der Waals surface area contributed by atoms with Crippen molar-refractivity contribution in [2.75, 3.05) is 11.9 Å². The number of nitrogens with one attached hydrogen (secondary N) is 1. The summed E-state index contributed by atoms with van der Waals surface area (Å²) in [5, 5.41) is 34.6. The predicted octanol–water partition coefficient (Wildman–Crippen LogP) is 5.74. The first-order valence-electron chi connectivity index (χ1n) is 15.3. The van der Waals surface area contributed by atoms with E-state index in [1.165, 1.54) is 37.0 Å². The van der Waals surface area contributed by atoms with Crippen LogP contribution in [0.15, 0.2) is 0 Å². The Kier molecular flexibility index (Phi) is 7.41. The maximum atomic E-state index is 12.8. The summed E-state index contributed by atoms with van der Waals surface area (Å²) in [6.45, 7) is 8.09. The number of aromatic nitrogens is 2. The fourth-order valence-electron chi connectivity index (χ4n) is 10.1.